The number of halogens is 1. The zero-order valence-electron chi connectivity index (χ0n) is 15.5. The molecule has 0 radical (unpaired) electrons. The predicted octanol–water partition coefficient (Wildman–Crippen LogP) is 3.88. The van der Waals surface area contributed by atoms with Gasteiger partial charge < -0.3 is 10.1 Å². The molecule has 1 N–H and O–H groups in total. The fraction of sp³-hybridized carbons (Fsp3) is 0.238. The summed E-state index contributed by atoms with van der Waals surface area (Å²) in [4.78, 5) is 33.1. The fourth-order valence-corrected chi connectivity index (χ4v) is 3.05. The topological polar surface area (TPSA) is 81.2 Å². The average molecular weight is 379 g/mol. The van der Waals surface area contributed by atoms with E-state index in [1.165, 1.54) is 19.2 Å². The molecule has 0 spiro atoms. The molecule has 1 amide bonds. The van der Waals surface area contributed by atoms with Gasteiger partial charge in [-0.05, 0) is 49.6 Å². The predicted molar refractivity (Wildman–Crippen MR) is 102 cm³/mol. The molecule has 1 aliphatic rings. The number of fused-ring (bicyclic) bond motifs is 1. The van der Waals surface area contributed by atoms with Gasteiger partial charge in [0.05, 0.1) is 12.8 Å². The molecule has 1 saturated carbocycles. The SMILES string of the molecule is COC(=O)c1nc(-c2cc(F)ccc2C)cc2cnc(NC(=O)C3CC3)cc12. The van der Waals surface area contributed by atoms with E-state index in [0.29, 0.717) is 27.8 Å². The molecule has 1 fully saturated rings. The number of esters is 1. The van der Waals surface area contributed by atoms with Gasteiger partial charge in [0.1, 0.15) is 11.6 Å². The Labute approximate surface area is 160 Å². The van der Waals surface area contributed by atoms with Crippen LogP contribution >= 0.6 is 0 Å². The number of carbonyl (C=O) groups excluding carboxylic acids is 2. The molecule has 0 unspecified atom stereocenters. The minimum atomic E-state index is -0.619. The van der Waals surface area contributed by atoms with Crippen molar-refractivity contribution >= 4 is 28.5 Å². The van der Waals surface area contributed by atoms with E-state index in [9.17, 15) is 14.0 Å². The Morgan fingerprint density at radius 2 is 2.00 bits per heavy atom. The normalized spacial score (nSPS) is 13.4. The summed E-state index contributed by atoms with van der Waals surface area (Å²) in [7, 11) is 1.27. The van der Waals surface area contributed by atoms with Crippen LogP contribution in [-0.2, 0) is 9.53 Å². The highest BCUT2D eigenvalue weighted by Crippen LogP contribution is 2.31. The molecule has 0 bridgehead atoms. The van der Waals surface area contributed by atoms with Crippen molar-refractivity contribution in [1.82, 2.24) is 9.97 Å². The van der Waals surface area contributed by atoms with Gasteiger partial charge >= 0.3 is 5.97 Å². The van der Waals surface area contributed by atoms with E-state index in [1.807, 2.05) is 6.92 Å². The third-order valence-electron chi connectivity index (χ3n) is 4.77. The Morgan fingerprint density at radius 3 is 2.71 bits per heavy atom. The summed E-state index contributed by atoms with van der Waals surface area (Å²) in [6, 6.07) is 7.75. The van der Waals surface area contributed by atoms with E-state index in [-0.39, 0.29) is 17.5 Å². The molecule has 0 aliphatic heterocycles. The second-order valence-electron chi connectivity index (χ2n) is 6.86. The van der Waals surface area contributed by atoms with Crippen LogP contribution in [0, 0.1) is 18.7 Å². The number of nitrogens with zero attached hydrogens (tertiary/aromatic N) is 2. The van der Waals surface area contributed by atoms with Gasteiger partial charge in [0.2, 0.25) is 5.91 Å². The third-order valence-corrected chi connectivity index (χ3v) is 4.77. The summed E-state index contributed by atoms with van der Waals surface area (Å²) in [6.45, 7) is 1.84. The average Bonchev–Trinajstić information content (AvgIpc) is 3.54. The lowest BCUT2D eigenvalue weighted by Crippen LogP contribution is -2.14. The number of rotatable bonds is 4. The second kappa shape index (κ2) is 6.99. The standard InChI is InChI=1S/C21H18FN3O3/c1-11-3-6-14(22)8-15(11)17-7-13-10-23-18(25-20(26)12-4-5-12)9-16(13)19(24-17)21(27)28-2/h3,6-10,12H,4-5H2,1-2H3,(H,23,25,26). The largest absolute Gasteiger partial charge is 0.464 e. The molecule has 142 valence electrons. The number of benzene rings is 1. The number of amides is 1. The molecular weight excluding hydrogens is 361 g/mol. The Kier molecular flexibility index (Phi) is 4.50. The molecule has 0 saturated heterocycles. The highest BCUT2D eigenvalue weighted by atomic mass is 19.1. The minimum Gasteiger partial charge on any atom is -0.464 e. The Bertz CT molecular complexity index is 1110. The first-order valence-electron chi connectivity index (χ1n) is 8.93. The van der Waals surface area contributed by atoms with E-state index < -0.39 is 11.8 Å². The first-order chi connectivity index (χ1) is 13.5. The Hall–Kier alpha value is -3.35. The number of aromatic nitrogens is 2. The van der Waals surface area contributed by atoms with Crippen LogP contribution in [0.15, 0.2) is 36.5 Å². The monoisotopic (exact) mass is 379 g/mol. The molecule has 4 rings (SSSR count). The van der Waals surface area contributed by atoms with Gasteiger partial charge in [0.15, 0.2) is 5.69 Å². The van der Waals surface area contributed by atoms with Crippen molar-refractivity contribution in [1.29, 1.82) is 0 Å². The van der Waals surface area contributed by atoms with Crippen molar-refractivity contribution in [2.75, 3.05) is 12.4 Å². The number of nitrogens with one attached hydrogen (secondary N) is 1. The van der Waals surface area contributed by atoms with Gasteiger partial charge in [-0.2, -0.15) is 0 Å². The Balaban J connectivity index is 1.84. The molecule has 1 aliphatic carbocycles. The zero-order chi connectivity index (χ0) is 19.8. The smallest absolute Gasteiger partial charge is 0.357 e. The lowest BCUT2D eigenvalue weighted by molar-refractivity contribution is -0.117. The number of hydrogen-bond donors (Lipinski definition) is 1. The van der Waals surface area contributed by atoms with Crippen LogP contribution in [0.25, 0.3) is 22.0 Å². The number of anilines is 1. The second-order valence-corrected chi connectivity index (χ2v) is 6.86. The molecular formula is C21H18FN3O3. The number of aryl methyl sites for hydroxylation is 1. The van der Waals surface area contributed by atoms with Gasteiger partial charge in [-0.25, -0.2) is 19.2 Å². The molecule has 0 atom stereocenters. The molecule has 1 aromatic carbocycles. The summed E-state index contributed by atoms with van der Waals surface area (Å²) in [6.07, 6.45) is 3.32. The maximum absolute atomic E-state index is 13.7. The lowest BCUT2D eigenvalue weighted by atomic mass is 10.0. The number of pyridine rings is 2. The van der Waals surface area contributed by atoms with E-state index in [4.69, 9.17) is 4.74 Å². The van der Waals surface area contributed by atoms with Crippen molar-refractivity contribution < 1.29 is 18.7 Å². The molecule has 2 heterocycles. The van der Waals surface area contributed by atoms with Crippen LogP contribution in [0.2, 0.25) is 0 Å². The van der Waals surface area contributed by atoms with E-state index >= 15 is 0 Å². The van der Waals surface area contributed by atoms with Crippen molar-refractivity contribution in [2.45, 2.75) is 19.8 Å². The molecule has 28 heavy (non-hydrogen) atoms. The van der Waals surface area contributed by atoms with Crippen LogP contribution in [0.1, 0.15) is 28.9 Å². The van der Waals surface area contributed by atoms with Crippen molar-refractivity contribution in [3.63, 3.8) is 0 Å². The quantitative estimate of drug-likeness (QED) is 0.696. The van der Waals surface area contributed by atoms with Crippen LogP contribution in [0.5, 0.6) is 0 Å². The van der Waals surface area contributed by atoms with Crippen LogP contribution in [0.3, 0.4) is 0 Å². The van der Waals surface area contributed by atoms with Crippen LogP contribution in [0.4, 0.5) is 10.2 Å². The maximum Gasteiger partial charge on any atom is 0.357 e. The van der Waals surface area contributed by atoms with Gasteiger partial charge in [0.25, 0.3) is 0 Å². The van der Waals surface area contributed by atoms with Gasteiger partial charge in [0, 0.05) is 28.5 Å². The summed E-state index contributed by atoms with van der Waals surface area (Å²) >= 11 is 0. The zero-order valence-corrected chi connectivity index (χ0v) is 15.5. The van der Waals surface area contributed by atoms with E-state index in [1.54, 1.807) is 24.4 Å². The summed E-state index contributed by atoms with van der Waals surface area (Å²) in [5.74, 6) is -0.698. The minimum absolute atomic E-state index is 0.0361. The number of hydrogen-bond acceptors (Lipinski definition) is 5. The van der Waals surface area contributed by atoms with Gasteiger partial charge in [-0.3, -0.25) is 4.79 Å². The summed E-state index contributed by atoms with van der Waals surface area (Å²) in [5, 5.41) is 3.91. The van der Waals surface area contributed by atoms with Gasteiger partial charge in [-0.15, -0.1) is 0 Å². The third kappa shape index (κ3) is 3.43. The highest BCUT2D eigenvalue weighted by molar-refractivity contribution is 6.05. The molecule has 3 aromatic rings. The molecule has 6 nitrogen and oxygen atoms in total. The van der Waals surface area contributed by atoms with Crippen LogP contribution < -0.4 is 5.32 Å². The lowest BCUT2D eigenvalue weighted by Gasteiger charge is -2.11. The van der Waals surface area contributed by atoms with Crippen molar-refractivity contribution in [3.8, 4) is 11.3 Å². The highest BCUT2D eigenvalue weighted by Gasteiger charge is 2.30. The van der Waals surface area contributed by atoms with Gasteiger partial charge in [-0.1, -0.05) is 6.07 Å². The first-order valence-corrected chi connectivity index (χ1v) is 8.93. The van der Waals surface area contributed by atoms with Crippen molar-refractivity contribution in [3.05, 3.63) is 53.6 Å². The summed E-state index contributed by atoms with van der Waals surface area (Å²) in [5.41, 5.74) is 1.94. The number of carbonyl (C=O) groups is 2. The maximum atomic E-state index is 13.7. The first kappa shape index (κ1) is 18.0. The number of methoxy groups -OCH3 is 1. The molecule has 2 aromatic heterocycles. The van der Waals surface area contributed by atoms with Crippen molar-refractivity contribution in [2.24, 2.45) is 5.92 Å². The van der Waals surface area contributed by atoms with E-state index in [0.717, 1.165) is 18.4 Å². The summed E-state index contributed by atoms with van der Waals surface area (Å²) < 4.78 is 18.6. The van der Waals surface area contributed by atoms with E-state index in [2.05, 4.69) is 15.3 Å². The Morgan fingerprint density at radius 1 is 1.21 bits per heavy atom. The number of ether oxygens (including phenoxy) is 1. The molecule has 7 heteroatoms. The van der Waals surface area contributed by atoms with Crippen LogP contribution in [-0.4, -0.2) is 29.0 Å². The fourth-order valence-electron chi connectivity index (χ4n) is 3.05.